The third-order valence-corrected chi connectivity index (χ3v) is 2.02. The topological polar surface area (TPSA) is 37.3 Å². The molecule has 0 radical (unpaired) electrons. The Morgan fingerprint density at radius 1 is 1.00 bits per heavy atom. The minimum absolute atomic E-state index is 0. The molecule has 0 saturated heterocycles. The normalized spacial score (nSPS) is 9.43. The quantitative estimate of drug-likeness (QED) is 0.707. The second-order valence-corrected chi connectivity index (χ2v) is 2.83. The van der Waals surface area contributed by atoms with Gasteiger partial charge in [0.25, 0.3) is 0 Å². The lowest BCUT2D eigenvalue weighted by Crippen LogP contribution is -1.96. The second-order valence-electron chi connectivity index (χ2n) is 2.83. The summed E-state index contributed by atoms with van der Waals surface area (Å²) in [6, 6.07) is 12.7. The lowest BCUT2D eigenvalue weighted by molar-refractivity contribution is 0.0699. The summed E-state index contributed by atoms with van der Waals surface area (Å²) in [5.74, 6) is -0.878. The molecule has 2 aromatic rings. The lowest BCUT2D eigenvalue weighted by Gasteiger charge is -2.00. The van der Waals surface area contributed by atoms with Crippen molar-refractivity contribution >= 4 is 39.8 Å². The molecule has 0 unspecified atom stereocenters. The molecule has 0 bridgehead atoms. The van der Waals surface area contributed by atoms with Crippen molar-refractivity contribution in [2.75, 3.05) is 0 Å². The van der Waals surface area contributed by atoms with E-state index in [1.807, 2.05) is 30.3 Å². The first-order valence-electron chi connectivity index (χ1n) is 4.00. The zero-order chi connectivity index (χ0) is 9.26. The predicted octanol–water partition coefficient (Wildman–Crippen LogP) is 1.62. The van der Waals surface area contributed by atoms with Crippen LogP contribution < -0.4 is 0 Å². The lowest BCUT2D eigenvalue weighted by atomic mass is 10.1. The first-order chi connectivity index (χ1) is 6.29. The van der Waals surface area contributed by atoms with E-state index in [4.69, 9.17) is 5.11 Å². The monoisotopic (exact) mass is 198 g/mol. The first kappa shape index (κ1) is 11.0. The standard InChI is InChI=1S/C11H8O2.Mg.2H/c12-11(13)10-7-3-5-8-4-1-2-6-9(8)10;;;/h1-7H,(H,12,13);;;. The molecular formula is C11H10MgO2. The summed E-state index contributed by atoms with van der Waals surface area (Å²) in [4.78, 5) is 10.8. The van der Waals surface area contributed by atoms with Crippen molar-refractivity contribution in [1.29, 1.82) is 0 Å². The van der Waals surface area contributed by atoms with Crippen LogP contribution in [-0.4, -0.2) is 34.1 Å². The van der Waals surface area contributed by atoms with Crippen molar-refractivity contribution < 1.29 is 9.90 Å². The fourth-order valence-corrected chi connectivity index (χ4v) is 1.41. The van der Waals surface area contributed by atoms with Gasteiger partial charge >= 0.3 is 29.0 Å². The molecule has 68 valence electrons. The molecule has 0 fully saturated rings. The van der Waals surface area contributed by atoms with Crippen molar-refractivity contribution in [3.05, 3.63) is 48.0 Å². The van der Waals surface area contributed by atoms with Gasteiger partial charge in [0.1, 0.15) is 0 Å². The summed E-state index contributed by atoms with van der Waals surface area (Å²) >= 11 is 0. The van der Waals surface area contributed by atoms with E-state index in [0.717, 1.165) is 10.8 Å². The van der Waals surface area contributed by atoms with E-state index in [1.54, 1.807) is 12.1 Å². The molecule has 0 aromatic heterocycles. The number of aromatic carboxylic acids is 1. The fourth-order valence-electron chi connectivity index (χ4n) is 1.41. The van der Waals surface area contributed by atoms with Gasteiger partial charge in [0, 0.05) is 0 Å². The van der Waals surface area contributed by atoms with Crippen molar-refractivity contribution in [2.45, 2.75) is 0 Å². The molecule has 0 aliphatic heterocycles. The van der Waals surface area contributed by atoms with Crippen LogP contribution in [0.15, 0.2) is 42.5 Å². The van der Waals surface area contributed by atoms with Crippen LogP contribution in [-0.2, 0) is 0 Å². The summed E-state index contributed by atoms with van der Waals surface area (Å²) in [6.45, 7) is 0. The number of carbonyl (C=O) groups is 1. The van der Waals surface area contributed by atoms with Gasteiger partial charge in [-0.05, 0) is 16.8 Å². The van der Waals surface area contributed by atoms with Gasteiger partial charge in [0.15, 0.2) is 0 Å². The zero-order valence-electron chi connectivity index (χ0n) is 6.90. The van der Waals surface area contributed by atoms with E-state index in [2.05, 4.69) is 0 Å². The molecule has 0 atom stereocenters. The number of carboxylic acid groups (broad SMARTS) is 1. The molecule has 14 heavy (non-hydrogen) atoms. The molecule has 0 spiro atoms. The molecular weight excluding hydrogens is 188 g/mol. The van der Waals surface area contributed by atoms with Crippen LogP contribution in [0.1, 0.15) is 10.4 Å². The van der Waals surface area contributed by atoms with Crippen molar-refractivity contribution in [1.82, 2.24) is 0 Å². The number of hydrogen-bond acceptors (Lipinski definition) is 1. The summed E-state index contributed by atoms with van der Waals surface area (Å²) < 4.78 is 0. The van der Waals surface area contributed by atoms with Crippen LogP contribution in [0.5, 0.6) is 0 Å². The summed E-state index contributed by atoms with van der Waals surface area (Å²) in [5, 5.41) is 10.6. The summed E-state index contributed by atoms with van der Waals surface area (Å²) in [7, 11) is 0. The Morgan fingerprint density at radius 2 is 1.64 bits per heavy atom. The average molecular weight is 199 g/mol. The van der Waals surface area contributed by atoms with Crippen LogP contribution in [0.2, 0.25) is 0 Å². The molecule has 2 nitrogen and oxygen atoms in total. The van der Waals surface area contributed by atoms with Crippen LogP contribution in [0, 0.1) is 0 Å². The van der Waals surface area contributed by atoms with Gasteiger partial charge in [-0.3, -0.25) is 0 Å². The highest BCUT2D eigenvalue weighted by atomic mass is 24.3. The SMILES string of the molecule is O=C(O)c1cccc2ccccc12.[MgH2]. The van der Waals surface area contributed by atoms with E-state index >= 15 is 0 Å². The van der Waals surface area contributed by atoms with Crippen molar-refractivity contribution in [3.8, 4) is 0 Å². The molecule has 2 aromatic carbocycles. The van der Waals surface area contributed by atoms with Gasteiger partial charge in [0.2, 0.25) is 0 Å². The Morgan fingerprint density at radius 3 is 2.36 bits per heavy atom. The van der Waals surface area contributed by atoms with Crippen LogP contribution >= 0.6 is 0 Å². The maximum Gasteiger partial charge on any atom is 0.336 e. The Kier molecular flexibility index (Phi) is 3.49. The number of carboxylic acids is 1. The highest BCUT2D eigenvalue weighted by molar-refractivity contribution is 6.03. The number of fused-ring (bicyclic) bond motifs is 1. The highest BCUT2D eigenvalue weighted by Crippen LogP contribution is 2.17. The maximum atomic E-state index is 10.8. The van der Waals surface area contributed by atoms with Gasteiger partial charge in [-0.2, -0.15) is 0 Å². The van der Waals surface area contributed by atoms with Crippen molar-refractivity contribution in [3.63, 3.8) is 0 Å². The Labute approximate surface area is 97.7 Å². The van der Waals surface area contributed by atoms with Gasteiger partial charge in [-0.15, -0.1) is 0 Å². The van der Waals surface area contributed by atoms with Crippen LogP contribution in [0.3, 0.4) is 0 Å². The Bertz CT molecular complexity index is 460. The molecule has 0 aliphatic carbocycles. The van der Waals surface area contributed by atoms with E-state index < -0.39 is 5.97 Å². The van der Waals surface area contributed by atoms with Crippen LogP contribution in [0.4, 0.5) is 0 Å². The number of hydrogen-bond donors (Lipinski definition) is 1. The molecule has 1 N–H and O–H groups in total. The van der Waals surface area contributed by atoms with E-state index in [1.165, 1.54) is 0 Å². The molecule has 0 saturated carbocycles. The summed E-state index contributed by atoms with van der Waals surface area (Å²) in [6.07, 6.45) is 0. The molecule has 2 rings (SSSR count). The Hall–Kier alpha value is -1.06. The number of benzene rings is 2. The van der Waals surface area contributed by atoms with Crippen molar-refractivity contribution in [2.24, 2.45) is 0 Å². The first-order valence-corrected chi connectivity index (χ1v) is 4.00. The average Bonchev–Trinajstić information content (AvgIpc) is 2.17. The van der Waals surface area contributed by atoms with Gasteiger partial charge in [-0.1, -0.05) is 36.4 Å². The third-order valence-electron chi connectivity index (χ3n) is 2.02. The third kappa shape index (κ3) is 1.88. The van der Waals surface area contributed by atoms with Gasteiger partial charge in [-0.25, -0.2) is 4.79 Å². The second kappa shape index (κ2) is 4.44. The van der Waals surface area contributed by atoms with Gasteiger partial charge in [0.05, 0.1) is 5.56 Å². The van der Waals surface area contributed by atoms with Gasteiger partial charge < -0.3 is 5.11 Å². The molecule has 0 aliphatic rings. The smallest absolute Gasteiger partial charge is 0.336 e. The highest BCUT2D eigenvalue weighted by Gasteiger charge is 2.05. The van der Waals surface area contributed by atoms with E-state index in [9.17, 15) is 4.79 Å². The summed E-state index contributed by atoms with van der Waals surface area (Å²) in [5.41, 5.74) is 0.359. The molecule has 0 heterocycles. The minimum Gasteiger partial charge on any atom is -0.478 e. The van der Waals surface area contributed by atoms with Crippen LogP contribution in [0.25, 0.3) is 10.8 Å². The maximum absolute atomic E-state index is 10.8. The number of rotatable bonds is 1. The minimum atomic E-state index is -0.878. The zero-order valence-corrected chi connectivity index (χ0v) is 6.90. The predicted molar refractivity (Wildman–Crippen MR) is 59.5 cm³/mol. The van der Waals surface area contributed by atoms with E-state index in [-0.39, 0.29) is 23.1 Å². The molecule has 0 amide bonds. The fraction of sp³-hybridized carbons (Fsp3) is 0. The van der Waals surface area contributed by atoms with E-state index in [0.29, 0.717) is 5.56 Å². The Balaban J connectivity index is 0.000000980. The molecule has 3 heteroatoms. The largest absolute Gasteiger partial charge is 0.478 e.